The maximum atomic E-state index is 12.7. The van der Waals surface area contributed by atoms with Gasteiger partial charge < -0.3 is 15.1 Å². The van der Waals surface area contributed by atoms with E-state index in [0.717, 1.165) is 5.69 Å². The van der Waals surface area contributed by atoms with E-state index in [4.69, 9.17) is 0 Å². The van der Waals surface area contributed by atoms with Crippen LogP contribution >= 0.6 is 0 Å². The van der Waals surface area contributed by atoms with Crippen molar-refractivity contribution in [2.75, 3.05) is 23.8 Å². The molecule has 0 bridgehead atoms. The van der Waals surface area contributed by atoms with Crippen molar-refractivity contribution in [1.29, 1.82) is 0 Å². The molecule has 0 spiro atoms. The summed E-state index contributed by atoms with van der Waals surface area (Å²) in [6.07, 6.45) is -3.48. The highest BCUT2D eigenvalue weighted by atomic mass is 19.4. The molecule has 33 heavy (non-hydrogen) atoms. The molecule has 0 fully saturated rings. The highest BCUT2D eigenvalue weighted by Crippen LogP contribution is 2.22. The zero-order valence-electron chi connectivity index (χ0n) is 18.1. The predicted molar refractivity (Wildman–Crippen MR) is 120 cm³/mol. The van der Waals surface area contributed by atoms with Crippen LogP contribution in [0.2, 0.25) is 0 Å². The molecule has 0 aliphatic rings. The van der Waals surface area contributed by atoms with Crippen LogP contribution in [0.25, 0.3) is 0 Å². The lowest BCUT2D eigenvalue weighted by Gasteiger charge is -2.22. The summed E-state index contributed by atoms with van der Waals surface area (Å²) in [5.74, 6) is -1.65. The maximum Gasteiger partial charge on any atom is 0.471 e. The second-order valence-electron chi connectivity index (χ2n) is 7.27. The number of aromatic nitrogens is 1. The molecule has 0 radical (unpaired) electrons. The number of hydrogen-bond acceptors (Lipinski definition) is 4. The largest absolute Gasteiger partial charge is 0.471 e. The molecule has 0 aliphatic heterocycles. The first kappa shape index (κ1) is 23.8. The Morgan fingerprint density at radius 2 is 1.73 bits per heavy atom. The number of carbonyl (C=O) groups excluding carboxylic acids is 2. The van der Waals surface area contributed by atoms with E-state index in [1.807, 2.05) is 42.3 Å². The summed E-state index contributed by atoms with van der Waals surface area (Å²) in [7, 11) is 1.87. The summed E-state index contributed by atoms with van der Waals surface area (Å²) in [6.45, 7) is 1.16. The van der Waals surface area contributed by atoms with Crippen molar-refractivity contribution >= 4 is 29.0 Å². The molecular weight excluding hydrogens is 433 g/mol. The first-order valence-corrected chi connectivity index (χ1v) is 10.2. The molecule has 0 atom stereocenters. The van der Waals surface area contributed by atoms with Gasteiger partial charge in [0.1, 0.15) is 5.82 Å². The molecule has 1 heterocycles. The van der Waals surface area contributed by atoms with Gasteiger partial charge in [0.25, 0.3) is 5.91 Å². The standard InChI is InChI=1S/C24H23F3N4O2/c1-3-31(23(33)24(25,26)27)16-17-8-7-9-19(14-17)29-22(32)18-12-13-21(28-15-18)30(2)20-10-5-4-6-11-20/h4-15H,3,16H2,1-2H3,(H,29,32). The molecule has 2 amide bonds. The van der Waals surface area contributed by atoms with Crippen molar-refractivity contribution in [3.63, 3.8) is 0 Å². The number of anilines is 3. The summed E-state index contributed by atoms with van der Waals surface area (Å²) < 4.78 is 38.2. The van der Waals surface area contributed by atoms with Crippen molar-refractivity contribution in [3.05, 3.63) is 84.1 Å². The minimum atomic E-state index is -4.93. The molecule has 2 aromatic carbocycles. The number of carbonyl (C=O) groups is 2. The number of nitrogens with zero attached hydrogens (tertiary/aromatic N) is 3. The quantitative estimate of drug-likeness (QED) is 0.543. The number of amides is 2. The second-order valence-corrected chi connectivity index (χ2v) is 7.27. The minimum Gasteiger partial charge on any atom is -0.331 e. The van der Waals surface area contributed by atoms with Crippen LogP contribution in [0.3, 0.4) is 0 Å². The number of rotatable bonds is 7. The number of para-hydroxylation sites is 1. The van der Waals surface area contributed by atoms with E-state index < -0.39 is 18.0 Å². The third-order valence-corrected chi connectivity index (χ3v) is 4.97. The van der Waals surface area contributed by atoms with Gasteiger partial charge in [0.15, 0.2) is 0 Å². The Morgan fingerprint density at radius 1 is 1.00 bits per heavy atom. The van der Waals surface area contributed by atoms with Crippen molar-refractivity contribution in [2.45, 2.75) is 19.6 Å². The van der Waals surface area contributed by atoms with Gasteiger partial charge in [-0.05, 0) is 48.9 Å². The molecule has 0 unspecified atom stereocenters. The molecule has 1 aromatic heterocycles. The van der Waals surface area contributed by atoms with Crippen molar-refractivity contribution in [1.82, 2.24) is 9.88 Å². The lowest BCUT2D eigenvalue weighted by atomic mass is 10.1. The fourth-order valence-electron chi connectivity index (χ4n) is 3.18. The number of nitrogens with one attached hydrogen (secondary N) is 1. The average molecular weight is 456 g/mol. The first-order chi connectivity index (χ1) is 15.7. The van der Waals surface area contributed by atoms with Crippen molar-refractivity contribution < 1.29 is 22.8 Å². The van der Waals surface area contributed by atoms with E-state index in [1.165, 1.54) is 19.2 Å². The van der Waals surface area contributed by atoms with E-state index in [1.54, 1.807) is 30.3 Å². The average Bonchev–Trinajstić information content (AvgIpc) is 2.82. The smallest absolute Gasteiger partial charge is 0.331 e. The Hall–Kier alpha value is -3.88. The lowest BCUT2D eigenvalue weighted by molar-refractivity contribution is -0.185. The molecule has 0 aliphatic carbocycles. The molecule has 3 rings (SSSR count). The van der Waals surface area contributed by atoms with E-state index in [9.17, 15) is 22.8 Å². The molecule has 0 saturated carbocycles. The predicted octanol–water partition coefficient (Wildman–Crippen LogP) is 5.01. The first-order valence-electron chi connectivity index (χ1n) is 10.2. The van der Waals surface area contributed by atoms with Crippen molar-refractivity contribution in [3.8, 4) is 0 Å². The Balaban J connectivity index is 1.67. The van der Waals surface area contributed by atoms with E-state index in [2.05, 4.69) is 10.3 Å². The zero-order valence-corrected chi connectivity index (χ0v) is 18.1. The van der Waals surface area contributed by atoms with Gasteiger partial charge in [0.2, 0.25) is 0 Å². The van der Waals surface area contributed by atoms with Gasteiger partial charge in [-0.3, -0.25) is 9.59 Å². The lowest BCUT2D eigenvalue weighted by Crippen LogP contribution is -2.40. The minimum absolute atomic E-state index is 0.0929. The Morgan fingerprint density at radius 3 is 2.33 bits per heavy atom. The summed E-state index contributed by atoms with van der Waals surface area (Å²) in [4.78, 5) is 31.1. The molecule has 172 valence electrons. The van der Waals surface area contributed by atoms with Gasteiger partial charge >= 0.3 is 12.1 Å². The molecule has 1 N–H and O–H groups in total. The van der Waals surface area contributed by atoms with Crippen LogP contribution < -0.4 is 10.2 Å². The van der Waals surface area contributed by atoms with Crippen LogP contribution in [0, 0.1) is 0 Å². The number of alkyl halides is 3. The number of benzene rings is 2. The normalized spacial score (nSPS) is 11.1. The Kier molecular flexibility index (Phi) is 7.32. The Labute approximate surface area is 189 Å². The highest BCUT2D eigenvalue weighted by Gasteiger charge is 2.41. The maximum absolute atomic E-state index is 12.7. The van der Waals surface area contributed by atoms with Crippen LogP contribution in [0.1, 0.15) is 22.8 Å². The highest BCUT2D eigenvalue weighted by molar-refractivity contribution is 6.04. The third kappa shape index (κ3) is 6.09. The van der Waals surface area contributed by atoms with Gasteiger partial charge in [0, 0.05) is 37.7 Å². The molecule has 3 aromatic rings. The van der Waals surface area contributed by atoms with Crippen LogP contribution in [0.15, 0.2) is 72.9 Å². The van der Waals surface area contributed by atoms with Crippen molar-refractivity contribution in [2.24, 2.45) is 0 Å². The van der Waals surface area contributed by atoms with Gasteiger partial charge in [0.05, 0.1) is 5.56 Å². The van der Waals surface area contributed by atoms with Crippen LogP contribution in [0.5, 0.6) is 0 Å². The molecule has 9 heteroatoms. The summed E-state index contributed by atoms with van der Waals surface area (Å²) in [5.41, 5.74) is 2.14. The van der Waals surface area contributed by atoms with Crippen LogP contribution in [-0.2, 0) is 11.3 Å². The van der Waals surface area contributed by atoms with Gasteiger partial charge in [-0.2, -0.15) is 13.2 Å². The van der Waals surface area contributed by atoms with E-state index in [-0.39, 0.29) is 13.1 Å². The molecular formula is C24H23F3N4O2. The monoisotopic (exact) mass is 456 g/mol. The molecule has 6 nitrogen and oxygen atoms in total. The van der Waals surface area contributed by atoms with E-state index in [0.29, 0.717) is 27.5 Å². The fourth-order valence-corrected chi connectivity index (χ4v) is 3.18. The summed E-state index contributed by atoms with van der Waals surface area (Å²) in [6, 6.07) is 19.4. The topological polar surface area (TPSA) is 65.5 Å². The van der Waals surface area contributed by atoms with Crippen LogP contribution in [-0.4, -0.2) is 41.5 Å². The van der Waals surface area contributed by atoms with Crippen LogP contribution in [0.4, 0.5) is 30.4 Å². The zero-order chi connectivity index (χ0) is 24.0. The van der Waals surface area contributed by atoms with E-state index >= 15 is 0 Å². The van der Waals surface area contributed by atoms with Gasteiger partial charge in [-0.1, -0.05) is 30.3 Å². The van der Waals surface area contributed by atoms with Gasteiger partial charge in [-0.25, -0.2) is 4.98 Å². The molecule has 0 saturated heterocycles. The third-order valence-electron chi connectivity index (χ3n) is 4.97. The second kappa shape index (κ2) is 10.2. The number of halogens is 3. The fraction of sp³-hybridized carbons (Fsp3) is 0.208. The number of hydrogen-bond donors (Lipinski definition) is 1. The summed E-state index contributed by atoms with van der Waals surface area (Å²) in [5, 5.41) is 2.71. The summed E-state index contributed by atoms with van der Waals surface area (Å²) >= 11 is 0. The Bertz CT molecular complexity index is 1100. The van der Waals surface area contributed by atoms with Gasteiger partial charge in [-0.15, -0.1) is 0 Å². The SMILES string of the molecule is CCN(Cc1cccc(NC(=O)c2ccc(N(C)c3ccccc3)nc2)c1)C(=O)C(F)(F)F. The number of pyridine rings is 1.